The van der Waals surface area contributed by atoms with Gasteiger partial charge in [-0.05, 0) is 72.4 Å². The Labute approximate surface area is 266 Å². The molecule has 0 spiro atoms. The summed E-state index contributed by atoms with van der Waals surface area (Å²) < 4.78 is 0. The van der Waals surface area contributed by atoms with Crippen molar-refractivity contribution in [2.45, 2.75) is 0 Å². The van der Waals surface area contributed by atoms with Gasteiger partial charge in [0.05, 0.1) is 0 Å². The molecule has 0 unspecified atom stereocenters. The molecule has 3 nitrogen and oxygen atoms in total. The van der Waals surface area contributed by atoms with E-state index in [1.165, 1.54) is 37.7 Å². The maximum atomic E-state index is 5.07. The summed E-state index contributed by atoms with van der Waals surface area (Å²) in [5.74, 6) is 1.96. The van der Waals surface area contributed by atoms with Crippen LogP contribution in [0.5, 0.6) is 0 Å². The van der Waals surface area contributed by atoms with Crippen molar-refractivity contribution < 1.29 is 0 Å². The molecule has 0 radical (unpaired) electrons. The van der Waals surface area contributed by atoms with Crippen LogP contribution in [0.25, 0.3) is 88.4 Å². The summed E-state index contributed by atoms with van der Waals surface area (Å²) in [6, 6.07) is 57.6. The summed E-state index contributed by atoms with van der Waals surface area (Å²) in [5, 5.41) is 9.85. The lowest BCUT2D eigenvalue weighted by molar-refractivity contribution is 1.07. The van der Waals surface area contributed by atoms with Gasteiger partial charge in [-0.3, -0.25) is 0 Å². The Morgan fingerprint density at radius 3 is 1.52 bits per heavy atom. The Hall–Kier alpha value is -6.19. The molecule has 0 bridgehead atoms. The van der Waals surface area contributed by atoms with Crippen molar-refractivity contribution in [2.24, 2.45) is 0 Å². The topological polar surface area (TPSA) is 38.7 Å². The van der Waals surface area contributed by atoms with E-state index in [0.29, 0.717) is 17.5 Å². The van der Waals surface area contributed by atoms with Crippen LogP contribution >= 0.6 is 0 Å². The molecule has 0 saturated heterocycles. The Kier molecular flexibility index (Phi) is 6.14. The lowest BCUT2D eigenvalue weighted by atomic mass is 9.96. The first kappa shape index (κ1) is 26.2. The van der Waals surface area contributed by atoms with Gasteiger partial charge in [0.2, 0.25) is 0 Å². The highest BCUT2D eigenvalue weighted by Crippen LogP contribution is 2.34. The molecule has 0 fully saturated rings. The van der Waals surface area contributed by atoms with Gasteiger partial charge < -0.3 is 0 Å². The highest BCUT2D eigenvalue weighted by molar-refractivity contribution is 6.17. The molecule has 46 heavy (non-hydrogen) atoms. The van der Waals surface area contributed by atoms with Crippen molar-refractivity contribution in [3.05, 3.63) is 164 Å². The van der Waals surface area contributed by atoms with Gasteiger partial charge in [-0.25, -0.2) is 15.0 Å². The lowest BCUT2D eigenvalue weighted by Crippen LogP contribution is -2.00. The van der Waals surface area contributed by atoms with E-state index in [1.807, 2.05) is 30.3 Å². The summed E-state index contributed by atoms with van der Waals surface area (Å²) in [6.45, 7) is 0. The molecule has 214 valence electrons. The van der Waals surface area contributed by atoms with E-state index in [-0.39, 0.29) is 0 Å². The van der Waals surface area contributed by atoms with Crippen molar-refractivity contribution in [1.29, 1.82) is 0 Å². The maximum absolute atomic E-state index is 5.07. The molecule has 1 heterocycles. The zero-order valence-corrected chi connectivity index (χ0v) is 24.9. The first-order valence-electron chi connectivity index (χ1n) is 15.5. The highest BCUT2D eigenvalue weighted by Gasteiger charge is 2.14. The average molecular weight is 586 g/mol. The van der Waals surface area contributed by atoms with Crippen LogP contribution in [0.2, 0.25) is 0 Å². The molecule has 0 aliphatic rings. The van der Waals surface area contributed by atoms with Gasteiger partial charge in [-0.2, -0.15) is 0 Å². The van der Waals surface area contributed by atoms with Gasteiger partial charge in [0.25, 0.3) is 0 Å². The molecular weight excluding hydrogens is 558 g/mol. The van der Waals surface area contributed by atoms with E-state index in [0.717, 1.165) is 33.2 Å². The Bertz CT molecular complexity index is 2590. The van der Waals surface area contributed by atoms with Crippen LogP contribution in [-0.2, 0) is 0 Å². The molecule has 3 heteroatoms. The summed E-state index contributed by atoms with van der Waals surface area (Å²) in [7, 11) is 0. The SMILES string of the molecule is c1ccc(-c2nc(-c3cccc(-c4ccc5ccccc5c4)c3)nc(-c3ccc4c(ccc5c6ccccc6ccc45)c3)n2)cc1. The van der Waals surface area contributed by atoms with Crippen LogP contribution in [0.1, 0.15) is 0 Å². The second-order valence-electron chi connectivity index (χ2n) is 11.7. The molecule has 9 rings (SSSR count). The first-order valence-corrected chi connectivity index (χ1v) is 15.5. The molecule has 8 aromatic carbocycles. The quantitative estimate of drug-likeness (QED) is 0.193. The third-order valence-corrected chi connectivity index (χ3v) is 8.87. The zero-order valence-electron chi connectivity index (χ0n) is 24.9. The van der Waals surface area contributed by atoms with Crippen LogP contribution in [0, 0.1) is 0 Å². The Morgan fingerprint density at radius 2 is 0.717 bits per heavy atom. The Morgan fingerprint density at radius 1 is 0.239 bits per heavy atom. The van der Waals surface area contributed by atoms with E-state index < -0.39 is 0 Å². The number of nitrogens with zero attached hydrogens (tertiary/aromatic N) is 3. The van der Waals surface area contributed by atoms with Crippen molar-refractivity contribution in [3.8, 4) is 45.3 Å². The van der Waals surface area contributed by atoms with Crippen LogP contribution in [0.3, 0.4) is 0 Å². The number of hydrogen-bond acceptors (Lipinski definition) is 3. The maximum Gasteiger partial charge on any atom is 0.164 e. The first-order chi connectivity index (χ1) is 22.8. The normalized spacial score (nSPS) is 11.5. The molecule has 0 aliphatic heterocycles. The van der Waals surface area contributed by atoms with Crippen molar-refractivity contribution >= 4 is 43.1 Å². The molecule has 0 saturated carbocycles. The molecule has 9 aromatic rings. The lowest BCUT2D eigenvalue weighted by Gasteiger charge is -2.11. The average Bonchev–Trinajstić information content (AvgIpc) is 3.14. The molecule has 0 aliphatic carbocycles. The number of benzene rings is 8. The zero-order chi connectivity index (χ0) is 30.5. The number of hydrogen-bond donors (Lipinski definition) is 0. The second-order valence-corrected chi connectivity index (χ2v) is 11.7. The van der Waals surface area contributed by atoms with E-state index in [9.17, 15) is 0 Å². The minimum atomic E-state index is 0.650. The Balaban J connectivity index is 1.18. The molecule has 0 N–H and O–H groups in total. The minimum Gasteiger partial charge on any atom is -0.208 e. The fourth-order valence-electron chi connectivity index (χ4n) is 6.53. The van der Waals surface area contributed by atoms with Gasteiger partial charge in [-0.1, -0.05) is 146 Å². The van der Waals surface area contributed by atoms with Gasteiger partial charge in [0.1, 0.15) is 0 Å². The predicted octanol–water partition coefficient (Wildman–Crippen LogP) is 11.2. The van der Waals surface area contributed by atoms with Gasteiger partial charge >= 0.3 is 0 Å². The summed E-state index contributed by atoms with van der Waals surface area (Å²) >= 11 is 0. The molecule has 0 atom stereocenters. The van der Waals surface area contributed by atoms with Gasteiger partial charge in [-0.15, -0.1) is 0 Å². The van der Waals surface area contributed by atoms with E-state index >= 15 is 0 Å². The van der Waals surface area contributed by atoms with Gasteiger partial charge in [0, 0.05) is 16.7 Å². The van der Waals surface area contributed by atoms with Crippen LogP contribution in [-0.4, -0.2) is 15.0 Å². The fraction of sp³-hybridized carbons (Fsp3) is 0. The highest BCUT2D eigenvalue weighted by atomic mass is 15.0. The summed E-state index contributed by atoms with van der Waals surface area (Å²) in [4.78, 5) is 15.1. The molecule has 0 amide bonds. The summed E-state index contributed by atoms with van der Waals surface area (Å²) in [6.07, 6.45) is 0. The number of rotatable bonds is 4. The van der Waals surface area contributed by atoms with Gasteiger partial charge in [0.15, 0.2) is 17.5 Å². The smallest absolute Gasteiger partial charge is 0.164 e. The predicted molar refractivity (Wildman–Crippen MR) is 192 cm³/mol. The van der Waals surface area contributed by atoms with Crippen molar-refractivity contribution in [2.75, 3.05) is 0 Å². The third kappa shape index (κ3) is 4.58. The van der Waals surface area contributed by atoms with Crippen molar-refractivity contribution in [3.63, 3.8) is 0 Å². The fourth-order valence-corrected chi connectivity index (χ4v) is 6.53. The van der Waals surface area contributed by atoms with E-state index in [4.69, 9.17) is 15.0 Å². The van der Waals surface area contributed by atoms with E-state index in [2.05, 4.69) is 133 Å². The summed E-state index contributed by atoms with van der Waals surface area (Å²) in [5.41, 5.74) is 5.14. The van der Waals surface area contributed by atoms with Crippen LogP contribution < -0.4 is 0 Å². The van der Waals surface area contributed by atoms with Crippen LogP contribution in [0.4, 0.5) is 0 Å². The van der Waals surface area contributed by atoms with E-state index in [1.54, 1.807) is 0 Å². The molecule has 1 aromatic heterocycles. The second kappa shape index (κ2) is 10.8. The standard InChI is InChI=1S/C43H27N3/c1-2-11-30(12-3-1)41-44-42(35-15-8-14-32(26-35)33-18-17-28-9-4-5-13-31(28)25-33)46-43(45-41)36-21-22-38-34(27-36)20-24-39-37-16-7-6-10-29(37)19-23-40(38)39/h1-27H. The number of fused-ring (bicyclic) bond motifs is 6. The minimum absolute atomic E-state index is 0.650. The third-order valence-electron chi connectivity index (χ3n) is 8.87. The monoisotopic (exact) mass is 585 g/mol. The van der Waals surface area contributed by atoms with Crippen molar-refractivity contribution in [1.82, 2.24) is 15.0 Å². The number of aromatic nitrogens is 3. The van der Waals surface area contributed by atoms with Crippen LogP contribution in [0.15, 0.2) is 164 Å². The molecular formula is C43H27N3. The largest absolute Gasteiger partial charge is 0.208 e.